The van der Waals surface area contributed by atoms with E-state index in [-0.39, 0.29) is 18.5 Å². The van der Waals surface area contributed by atoms with E-state index >= 15 is 0 Å². The highest BCUT2D eigenvalue weighted by Crippen LogP contribution is 2.09. The van der Waals surface area contributed by atoms with Gasteiger partial charge in [-0.2, -0.15) is 0 Å². The van der Waals surface area contributed by atoms with E-state index in [0.29, 0.717) is 0 Å². The predicted octanol–water partition coefficient (Wildman–Crippen LogP) is 0.680. The number of benzene rings is 1. The Kier molecular flexibility index (Phi) is 3.99. The van der Waals surface area contributed by atoms with Gasteiger partial charge >= 0.3 is 6.03 Å². The smallest absolute Gasteiger partial charge is 0.328 e. The molecule has 0 heterocycles. The Hall–Kier alpha value is -1.69. The number of amides is 2. The number of nitrogens with two attached hydrogens (primary N) is 1. The summed E-state index contributed by atoms with van der Waals surface area (Å²) in [6.07, 6.45) is 0.205. The molecule has 0 fully saturated rings. The zero-order chi connectivity index (χ0) is 11.3. The van der Waals surface area contributed by atoms with Crippen molar-refractivity contribution >= 4 is 6.03 Å². The van der Waals surface area contributed by atoms with Crippen LogP contribution in [0.1, 0.15) is 5.56 Å². The van der Waals surface area contributed by atoms with Gasteiger partial charge in [0.25, 0.3) is 0 Å². The van der Waals surface area contributed by atoms with Crippen molar-refractivity contribution in [3.05, 3.63) is 35.4 Å². The van der Waals surface area contributed by atoms with Crippen LogP contribution in [0.15, 0.2) is 18.2 Å². The number of hydrogen-bond acceptors (Lipinski definition) is 2. The second-order valence-corrected chi connectivity index (χ2v) is 2.89. The summed E-state index contributed by atoms with van der Waals surface area (Å²) in [5.74, 6) is 3.81. The topological polar surface area (TPSA) is 67.1 Å². The monoisotopic (exact) mass is 215 g/mol. The molecule has 4 nitrogen and oxygen atoms in total. The molecular formula is C9H11F2N3O. The van der Waals surface area contributed by atoms with E-state index < -0.39 is 17.7 Å². The van der Waals surface area contributed by atoms with Crippen LogP contribution in [0.25, 0.3) is 0 Å². The van der Waals surface area contributed by atoms with Crippen LogP contribution < -0.4 is 16.6 Å². The normalized spacial score (nSPS) is 9.80. The molecule has 0 aromatic heterocycles. The lowest BCUT2D eigenvalue weighted by atomic mass is 10.1. The maximum atomic E-state index is 13.1. The second kappa shape index (κ2) is 5.26. The second-order valence-electron chi connectivity index (χ2n) is 2.89. The number of nitrogens with one attached hydrogen (secondary N) is 2. The third-order valence-electron chi connectivity index (χ3n) is 1.82. The summed E-state index contributed by atoms with van der Waals surface area (Å²) in [6.45, 7) is 0.184. The van der Waals surface area contributed by atoms with Crippen molar-refractivity contribution in [2.24, 2.45) is 5.84 Å². The molecule has 0 saturated carbocycles. The van der Waals surface area contributed by atoms with Crippen molar-refractivity contribution in [1.29, 1.82) is 0 Å². The largest absolute Gasteiger partial charge is 0.337 e. The lowest BCUT2D eigenvalue weighted by molar-refractivity contribution is 0.241. The summed E-state index contributed by atoms with van der Waals surface area (Å²) in [5, 5.41) is 2.36. The maximum Gasteiger partial charge on any atom is 0.328 e. The summed E-state index contributed by atoms with van der Waals surface area (Å²) < 4.78 is 25.8. The van der Waals surface area contributed by atoms with E-state index in [2.05, 4.69) is 5.32 Å². The molecule has 0 aliphatic rings. The first-order chi connectivity index (χ1) is 7.13. The minimum atomic E-state index is -0.563. The van der Waals surface area contributed by atoms with Crippen LogP contribution in [0.3, 0.4) is 0 Å². The minimum absolute atomic E-state index is 0.184. The molecule has 6 heteroatoms. The maximum absolute atomic E-state index is 13.1. The Bertz CT molecular complexity index is 357. The molecule has 2 amide bonds. The van der Waals surface area contributed by atoms with Crippen LogP contribution in [0.4, 0.5) is 13.6 Å². The van der Waals surface area contributed by atoms with Crippen molar-refractivity contribution in [1.82, 2.24) is 10.7 Å². The molecule has 0 bridgehead atoms. The fraction of sp³-hybridized carbons (Fsp3) is 0.222. The van der Waals surface area contributed by atoms with Crippen LogP contribution in [-0.2, 0) is 6.42 Å². The zero-order valence-corrected chi connectivity index (χ0v) is 7.89. The van der Waals surface area contributed by atoms with Crippen molar-refractivity contribution in [2.75, 3.05) is 6.54 Å². The first-order valence-electron chi connectivity index (χ1n) is 4.32. The molecule has 0 saturated heterocycles. The Morgan fingerprint density at radius 2 is 2.13 bits per heavy atom. The average Bonchev–Trinajstić information content (AvgIpc) is 2.23. The molecule has 0 radical (unpaired) electrons. The van der Waals surface area contributed by atoms with Crippen molar-refractivity contribution in [3.8, 4) is 0 Å². The van der Waals surface area contributed by atoms with Crippen LogP contribution in [0.2, 0.25) is 0 Å². The van der Waals surface area contributed by atoms with E-state index in [9.17, 15) is 13.6 Å². The van der Waals surface area contributed by atoms with Gasteiger partial charge < -0.3 is 5.32 Å². The van der Waals surface area contributed by atoms with Gasteiger partial charge in [-0.15, -0.1) is 0 Å². The third-order valence-corrected chi connectivity index (χ3v) is 1.82. The lowest BCUT2D eigenvalue weighted by Crippen LogP contribution is -2.40. The molecule has 4 N–H and O–H groups in total. The van der Waals surface area contributed by atoms with Gasteiger partial charge in [-0.1, -0.05) is 0 Å². The molecule has 15 heavy (non-hydrogen) atoms. The Morgan fingerprint density at radius 3 is 2.80 bits per heavy atom. The van der Waals surface area contributed by atoms with Gasteiger partial charge in [0.1, 0.15) is 11.6 Å². The molecule has 0 unspecified atom stereocenters. The number of hydrazine groups is 1. The van der Waals surface area contributed by atoms with Gasteiger partial charge in [0.15, 0.2) is 0 Å². The minimum Gasteiger partial charge on any atom is -0.337 e. The molecule has 0 spiro atoms. The zero-order valence-electron chi connectivity index (χ0n) is 7.89. The van der Waals surface area contributed by atoms with E-state index in [4.69, 9.17) is 5.84 Å². The predicted molar refractivity (Wildman–Crippen MR) is 50.8 cm³/mol. The van der Waals surface area contributed by atoms with Crippen molar-refractivity contribution < 1.29 is 13.6 Å². The lowest BCUT2D eigenvalue weighted by Gasteiger charge is -2.05. The average molecular weight is 215 g/mol. The van der Waals surface area contributed by atoms with Gasteiger partial charge in [-0.05, 0) is 30.2 Å². The number of hydrogen-bond donors (Lipinski definition) is 3. The molecule has 82 valence electrons. The quantitative estimate of drug-likeness (QED) is 0.394. The van der Waals surface area contributed by atoms with Crippen molar-refractivity contribution in [2.45, 2.75) is 6.42 Å². The van der Waals surface area contributed by atoms with Gasteiger partial charge in [0, 0.05) is 6.54 Å². The summed E-state index contributed by atoms with van der Waals surface area (Å²) in [6, 6.07) is 2.62. The van der Waals surface area contributed by atoms with Crippen LogP contribution in [0, 0.1) is 11.6 Å². The SMILES string of the molecule is NNC(=O)NCCc1cc(F)ccc1F. The fourth-order valence-corrected chi connectivity index (χ4v) is 1.10. The Balaban J connectivity index is 2.50. The molecule has 0 aliphatic carbocycles. The van der Waals surface area contributed by atoms with E-state index in [0.717, 1.165) is 18.2 Å². The van der Waals surface area contributed by atoms with E-state index in [1.165, 1.54) is 0 Å². The summed E-state index contributed by atoms with van der Waals surface area (Å²) in [4.78, 5) is 10.6. The van der Waals surface area contributed by atoms with Crippen LogP contribution >= 0.6 is 0 Å². The van der Waals surface area contributed by atoms with Crippen molar-refractivity contribution in [3.63, 3.8) is 0 Å². The third kappa shape index (κ3) is 3.51. The number of carbonyl (C=O) groups is 1. The molecule has 0 atom stereocenters. The molecule has 1 aromatic carbocycles. The highest BCUT2D eigenvalue weighted by atomic mass is 19.1. The highest BCUT2D eigenvalue weighted by Gasteiger charge is 2.04. The van der Waals surface area contributed by atoms with Gasteiger partial charge in [-0.25, -0.2) is 19.4 Å². The van der Waals surface area contributed by atoms with Gasteiger partial charge in [0.2, 0.25) is 0 Å². The molecule has 0 aliphatic heterocycles. The molecule has 1 aromatic rings. The van der Waals surface area contributed by atoms with Gasteiger partial charge in [-0.3, -0.25) is 5.43 Å². The van der Waals surface area contributed by atoms with E-state index in [1.54, 1.807) is 0 Å². The first kappa shape index (κ1) is 11.4. The summed E-state index contributed by atoms with van der Waals surface area (Å²) >= 11 is 0. The highest BCUT2D eigenvalue weighted by molar-refractivity contribution is 5.72. The van der Waals surface area contributed by atoms with Crippen LogP contribution in [-0.4, -0.2) is 12.6 Å². The summed E-state index contributed by atoms with van der Waals surface area (Å²) in [5.41, 5.74) is 2.07. The molecular weight excluding hydrogens is 204 g/mol. The number of halogens is 2. The number of rotatable bonds is 3. The van der Waals surface area contributed by atoms with Gasteiger partial charge in [0.05, 0.1) is 0 Å². The summed E-state index contributed by atoms with van der Waals surface area (Å²) in [7, 11) is 0. The first-order valence-corrected chi connectivity index (χ1v) is 4.32. The van der Waals surface area contributed by atoms with E-state index in [1.807, 2.05) is 5.43 Å². The van der Waals surface area contributed by atoms with Crippen LogP contribution in [0.5, 0.6) is 0 Å². The number of carbonyl (C=O) groups excluding carboxylic acids is 1. The fourth-order valence-electron chi connectivity index (χ4n) is 1.10. The Labute approximate surface area is 85.4 Å². The number of urea groups is 1. The standard InChI is InChI=1S/C9H11F2N3O/c10-7-1-2-8(11)6(5-7)3-4-13-9(15)14-12/h1-2,5H,3-4,12H2,(H2,13,14,15). The Morgan fingerprint density at radius 1 is 1.40 bits per heavy atom. The molecule has 1 rings (SSSR count).